The lowest BCUT2D eigenvalue weighted by atomic mass is 9.96. The zero-order valence-electron chi connectivity index (χ0n) is 7.24. The molecule has 2 N–H and O–H groups in total. The summed E-state index contributed by atoms with van der Waals surface area (Å²) in [4.78, 5) is 0. The molecule has 1 aromatic rings. The first-order valence-electron chi connectivity index (χ1n) is 4.24. The van der Waals surface area contributed by atoms with Crippen LogP contribution in [0.5, 0.6) is 0 Å². The zero-order valence-corrected chi connectivity index (χ0v) is 7.24. The van der Waals surface area contributed by atoms with E-state index in [1.807, 2.05) is 24.3 Å². The van der Waals surface area contributed by atoms with Crippen LogP contribution in [0, 0.1) is 0 Å². The summed E-state index contributed by atoms with van der Waals surface area (Å²) in [5.74, 6) is 0.434. The molecule has 1 heteroatoms. The molecule has 64 valence electrons. The summed E-state index contributed by atoms with van der Waals surface area (Å²) in [5, 5.41) is 0. The lowest BCUT2D eigenvalue weighted by Crippen LogP contribution is -2.11. The molecule has 0 bridgehead atoms. The molecule has 0 amide bonds. The summed E-state index contributed by atoms with van der Waals surface area (Å²) < 4.78 is 0. The van der Waals surface area contributed by atoms with Gasteiger partial charge in [-0.3, -0.25) is 0 Å². The van der Waals surface area contributed by atoms with E-state index in [0.717, 1.165) is 6.42 Å². The van der Waals surface area contributed by atoms with Gasteiger partial charge in [0.1, 0.15) is 0 Å². The van der Waals surface area contributed by atoms with Gasteiger partial charge in [-0.05, 0) is 24.4 Å². The van der Waals surface area contributed by atoms with Gasteiger partial charge < -0.3 is 5.73 Å². The summed E-state index contributed by atoms with van der Waals surface area (Å²) in [6.07, 6.45) is 2.88. The maximum atomic E-state index is 5.64. The SMILES string of the molecule is C=CC[C@H](CN)c1ccccc1. The Kier molecular flexibility index (Phi) is 3.55. The first kappa shape index (κ1) is 9.01. The van der Waals surface area contributed by atoms with E-state index in [9.17, 15) is 0 Å². The highest BCUT2D eigenvalue weighted by Crippen LogP contribution is 2.17. The molecule has 1 aromatic carbocycles. The predicted octanol–water partition coefficient (Wildman–Crippen LogP) is 2.31. The molecular weight excluding hydrogens is 146 g/mol. The second-order valence-corrected chi connectivity index (χ2v) is 2.87. The molecule has 0 spiro atoms. The van der Waals surface area contributed by atoms with Crippen LogP contribution in [-0.2, 0) is 0 Å². The van der Waals surface area contributed by atoms with Crippen LogP contribution in [0.15, 0.2) is 43.0 Å². The molecule has 0 unspecified atom stereocenters. The van der Waals surface area contributed by atoms with E-state index in [1.54, 1.807) is 0 Å². The Bertz CT molecular complexity index is 228. The van der Waals surface area contributed by atoms with Crippen molar-refractivity contribution in [2.45, 2.75) is 12.3 Å². The maximum absolute atomic E-state index is 5.64. The molecule has 0 radical (unpaired) electrons. The van der Waals surface area contributed by atoms with Crippen molar-refractivity contribution in [2.24, 2.45) is 5.73 Å². The minimum atomic E-state index is 0.434. The van der Waals surface area contributed by atoms with Crippen LogP contribution < -0.4 is 5.73 Å². The van der Waals surface area contributed by atoms with Crippen LogP contribution in [0.1, 0.15) is 17.9 Å². The van der Waals surface area contributed by atoms with Gasteiger partial charge in [0.25, 0.3) is 0 Å². The molecule has 0 aromatic heterocycles. The van der Waals surface area contributed by atoms with Crippen LogP contribution in [0.4, 0.5) is 0 Å². The third-order valence-electron chi connectivity index (χ3n) is 2.01. The Balaban J connectivity index is 2.72. The van der Waals surface area contributed by atoms with Gasteiger partial charge in [0, 0.05) is 0 Å². The fourth-order valence-electron chi connectivity index (χ4n) is 1.29. The minimum absolute atomic E-state index is 0.434. The standard InChI is InChI=1S/C11H15N/c1-2-6-11(9-12)10-7-4-3-5-8-10/h2-5,7-8,11H,1,6,9,12H2/t11-/m1/s1. The Hall–Kier alpha value is -1.08. The van der Waals surface area contributed by atoms with E-state index in [4.69, 9.17) is 5.73 Å². The summed E-state index contributed by atoms with van der Waals surface area (Å²) in [6.45, 7) is 4.41. The monoisotopic (exact) mass is 161 g/mol. The van der Waals surface area contributed by atoms with E-state index in [2.05, 4.69) is 18.7 Å². The van der Waals surface area contributed by atoms with Crippen molar-refractivity contribution in [2.75, 3.05) is 6.54 Å². The largest absolute Gasteiger partial charge is 0.330 e. The number of allylic oxidation sites excluding steroid dienone is 1. The van der Waals surface area contributed by atoms with Crippen LogP contribution in [0.25, 0.3) is 0 Å². The summed E-state index contributed by atoms with van der Waals surface area (Å²) in [5.41, 5.74) is 6.95. The number of nitrogens with two attached hydrogens (primary N) is 1. The third-order valence-corrected chi connectivity index (χ3v) is 2.01. The molecule has 0 saturated carbocycles. The molecule has 1 atom stereocenters. The summed E-state index contributed by atoms with van der Waals surface area (Å²) in [6, 6.07) is 10.3. The van der Waals surface area contributed by atoms with E-state index in [0.29, 0.717) is 12.5 Å². The third kappa shape index (κ3) is 2.21. The lowest BCUT2D eigenvalue weighted by molar-refractivity contribution is 0.711. The Morgan fingerprint density at radius 2 is 2.00 bits per heavy atom. The van der Waals surface area contributed by atoms with Crippen molar-refractivity contribution in [3.05, 3.63) is 48.6 Å². The second kappa shape index (κ2) is 4.73. The first-order chi connectivity index (χ1) is 5.88. The Morgan fingerprint density at radius 1 is 1.33 bits per heavy atom. The molecule has 0 aliphatic carbocycles. The fourth-order valence-corrected chi connectivity index (χ4v) is 1.29. The highest BCUT2D eigenvalue weighted by atomic mass is 14.5. The van der Waals surface area contributed by atoms with Crippen molar-refractivity contribution in [1.29, 1.82) is 0 Å². The molecule has 0 fully saturated rings. The van der Waals surface area contributed by atoms with E-state index in [-0.39, 0.29) is 0 Å². The van der Waals surface area contributed by atoms with Crippen LogP contribution in [-0.4, -0.2) is 6.54 Å². The van der Waals surface area contributed by atoms with E-state index < -0.39 is 0 Å². The second-order valence-electron chi connectivity index (χ2n) is 2.87. The highest BCUT2D eigenvalue weighted by molar-refractivity contribution is 5.20. The van der Waals surface area contributed by atoms with E-state index in [1.165, 1.54) is 5.56 Å². The van der Waals surface area contributed by atoms with Gasteiger partial charge in [0.05, 0.1) is 0 Å². The van der Waals surface area contributed by atoms with Gasteiger partial charge in [-0.1, -0.05) is 36.4 Å². The number of benzene rings is 1. The van der Waals surface area contributed by atoms with Crippen molar-refractivity contribution in [3.8, 4) is 0 Å². The maximum Gasteiger partial charge on any atom is -0.000443 e. The molecule has 1 rings (SSSR count). The predicted molar refractivity (Wildman–Crippen MR) is 53.1 cm³/mol. The Labute approximate surface area is 73.9 Å². The molecule has 0 saturated heterocycles. The number of hydrogen-bond donors (Lipinski definition) is 1. The average molecular weight is 161 g/mol. The van der Waals surface area contributed by atoms with Gasteiger partial charge in [-0.2, -0.15) is 0 Å². The summed E-state index contributed by atoms with van der Waals surface area (Å²) >= 11 is 0. The highest BCUT2D eigenvalue weighted by Gasteiger charge is 2.05. The average Bonchev–Trinajstić information content (AvgIpc) is 2.15. The first-order valence-corrected chi connectivity index (χ1v) is 4.24. The quantitative estimate of drug-likeness (QED) is 0.674. The van der Waals surface area contributed by atoms with Crippen LogP contribution in [0.2, 0.25) is 0 Å². The van der Waals surface area contributed by atoms with Gasteiger partial charge in [0.2, 0.25) is 0 Å². The normalized spacial score (nSPS) is 12.4. The summed E-state index contributed by atoms with van der Waals surface area (Å²) in [7, 11) is 0. The minimum Gasteiger partial charge on any atom is -0.330 e. The topological polar surface area (TPSA) is 26.0 Å². The van der Waals surface area contributed by atoms with E-state index >= 15 is 0 Å². The number of rotatable bonds is 4. The van der Waals surface area contributed by atoms with Crippen molar-refractivity contribution >= 4 is 0 Å². The van der Waals surface area contributed by atoms with Gasteiger partial charge in [-0.25, -0.2) is 0 Å². The van der Waals surface area contributed by atoms with Crippen molar-refractivity contribution in [3.63, 3.8) is 0 Å². The van der Waals surface area contributed by atoms with Crippen LogP contribution in [0.3, 0.4) is 0 Å². The number of hydrogen-bond acceptors (Lipinski definition) is 1. The smallest absolute Gasteiger partial charge is 0.000443 e. The fraction of sp³-hybridized carbons (Fsp3) is 0.273. The lowest BCUT2D eigenvalue weighted by Gasteiger charge is -2.11. The molecular formula is C11H15N. The molecule has 0 aliphatic heterocycles. The molecule has 0 aliphatic rings. The molecule has 12 heavy (non-hydrogen) atoms. The molecule has 1 nitrogen and oxygen atoms in total. The zero-order chi connectivity index (χ0) is 8.81. The van der Waals surface area contributed by atoms with Gasteiger partial charge >= 0.3 is 0 Å². The van der Waals surface area contributed by atoms with Gasteiger partial charge in [0.15, 0.2) is 0 Å². The van der Waals surface area contributed by atoms with Crippen molar-refractivity contribution in [1.82, 2.24) is 0 Å². The molecule has 0 heterocycles. The van der Waals surface area contributed by atoms with Gasteiger partial charge in [-0.15, -0.1) is 6.58 Å². The van der Waals surface area contributed by atoms with Crippen LogP contribution >= 0.6 is 0 Å². The van der Waals surface area contributed by atoms with Crippen molar-refractivity contribution < 1.29 is 0 Å². The Morgan fingerprint density at radius 3 is 2.50 bits per heavy atom.